The van der Waals surface area contributed by atoms with Gasteiger partial charge in [0.15, 0.2) is 0 Å². The molecule has 2 rings (SSSR count). The zero-order valence-electron chi connectivity index (χ0n) is 13.8. The molecule has 2 saturated carbocycles. The van der Waals surface area contributed by atoms with Crippen molar-refractivity contribution >= 4 is 0 Å². The summed E-state index contributed by atoms with van der Waals surface area (Å²) in [6.07, 6.45) is 10.1. The fraction of sp³-hybridized carbons (Fsp3) is 1.00. The first-order valence-electron chi connectivity index (χ1n) is 8.62. The summed E-state index contributed by atoms with van der Waals surface area (Å²) in [4.78, 5) is 0. The first-order chi connectivity index (χ1) is 8.95. The zero-order chi connectivity index (χ0) is 14.0. The van der Waals surface area contributed by atoms with Gasteiger partial charge in [0.25, 0.3) is 0 Å². The molecule has 0 aliphatic heterocycles. The van der Waals surface area contributed by atoms with Gasteiger partial charge in [-0.2, -0.15) is 0 Å². The van der Waals surface area contributed by atoms with E-state index in [2.05, 4.69) is 40.1 Å². The summed E-state index contributed by atoms with van der Waals surface area (Å²) >= 11 is 0. The van der Waals surface area contributed by atoms with E-state index >= 15 is 0 Å². The largest absolute Gasteiger partial charge is 0.317 e. The van der Waals surface area contributed by atoms with Crippen LogP contribution < -0.4 is 5.32 Å². The minimum Gasteiger partial charge on any atom is -0.317 e. The third kappa shape index (κ3) is 3.35. The van der Waals surface area contributed by atoms with Gasteiger partial charge in [-0.05, 0) is 61.8 Å². The highest BCUT2D eigenvalue weighted by Gasteiger charge is 2.43. The van der Waals surface area contributed by atoms with Gasteiger partial charge in [-0.3, -0.25) is 0 Å². The van der Waals surface area contributed by atoms with Gasteiger partial charge in [0.05, 0.1) is 0 Å². The van der Waals surface area contributed by atoms with Crippen molar-refractivity contribution in [3.05, 3.63) is 0 Å². The van der Waals surface area contributed by atoms with E-state index in [4.69, 9.17) is 0 Å². The summed E-state index contributed by atoms with van der Waals surface area (Å²) in [7, 11) is 2.18. The monoisotopic (exact) mass is 265 g/mol. The quantitative estimate of drug-likeness (QED) is 0.768. The van der Waals surface area contributed by atoms with Gasteiger partial charge in [-0.15, -0.1) is 0 Å². The lowest BCUT2D eigenvalue weighted by atomic mass is 9.57. The van der Waals surface area contributed by atoms with Crippen molar-refractivity contribution in [1.82, 2.24) is 5.32 Å². The van der Waals surface area contributed by atoms with Crippen molar-refractivity contribution in [2.75, 3.05) is 7.05 Å². The molecule has 112 valence electrons. The maximum atomic E-state index is 3.64. The first kappa shape index (κ1) is 15.4. The van der Waals surface area contributed by atoms with Crippen LogP contribution in [0.5, 0.6) is 0 Å². The van der Waals surface area contributed by atoms with Crippen LogP contribution in [-0.2, 0) is 0 Å². The standard InChI is InChI=1S/C18H35N/c1-13-7-6-8-15(11-13)18(3,4)16-10-9-14(2)12-17(16)19-5/h13-17,19H,6-12H2,1-5H3. The summed E-state index contributed by atoms with van der Waals surface area (Å²) in [5.41, 5.74) is 0.516. The molecule has 5 unspecified atom stereocenters. The molecule has 1 N–H and O–H groups in total. The highest BCUT2D eigenvalue weighted by atomic mass is 14.9. The van der Waals surface area contributed by atoms with Crippen molar-refractivity contribution < 1.29 is 0 Å². The number of hydrogen-bond acceptors (Lipinski definition) is 1. The van der Waals surface area contributed by atoms with Gasteiger partial charge >= 0.3 is 0 Å². The summed E-state index contributed by atoms with van der Waals surface area (Å²) in [6, 6.07) is 0.746. The van der Waals surface area contributed by atoms with E-state index in [9.17, 15) is 0 Å². The van der Waals surface area contributed by atoms with Gasteiger partial charge in [0.1, 0.15) is 0 Å². The van der Waals surface area contributed by atoms with Gasteiger partial charge in [-0.1, -0.05) is 47.0 Å². The molecule has 0 bridgehead atoms. The summed E-state index contributed by atoms with van der Waals surface area (Å²) in [5.74, 6) is 3.69. The van der Waals surface area contributed by atoms with Crippen LogP contribution in [0.15, 0.2) is 0 Å². The van der Waals surface area contributed by atoms with Gasteiger partial charge in [0.2, 0.25) is 0 Å². The average Bonchev–Trinajstić information content (AvgIpc) is 2.38. The maximum absolute atomic E-state index is 3.64. The molecule has 2 aliphatic carbocycles. The van der Waals surface area contributed by atoms with E-state index in [1.54, 1.807) is 0 Å². The minimum atomic E-state index is 0.516. The predicted molar refractivity (Wildman–Crippen MR) is 84.3 cm³/mol. The van der Waals surface area contributed by atoms with Crippen LogP contribution in [0.1, 0.15) is 72.6 Å². The number of rotatable bonds is 3. The second-order valence-corrected chi connectivity index (χ2v) is 8.21. The van der Waals surface area contributed by atoms with E-state index in [1.165, 1.54) is 44.9 Å². The van der Waals surface area contributed by atoms with Crippen LogP contribution >= 0.6 is 0 Å². The van der Waals surface area contributed by atoms with Crippen molar-refractivity contribution in [2.24, 2.45) is 29.1 Å². The lowest BCUT2D eigenvalue weighted by molar-refractivity contribution is 0.0185. The van der Waals surface area contributed by atoms with Crippen molar-refractivity contribution in [3.8, 4) is 0 Å². The lowest BCUT2D eigenvalue weighted by Gasteiger charge is -2.50. The molecular formula is C18H35N. The Balaban J connectivity index is 2.08. The summed E-state index contributed by atoms with van der Waals surface area (Å²) < 4.78 is 0. The molecule has 2 aliphatic rings. The molecule has 0 aromatic heterocycles. The molecule has 0 aromatic carbocycles. The van der Waals surface area contributed by atoms with Crippen molar-refractivity contribution in [1.29, 1.82) is 0 Å². The van der Waals surface area contributed by atoms with E-state index in [0.717, 1.165) is 29.7 Å². The van der Waals surface area contributed by atoms with E-state index in [-0.39, 0.29) is 0 Å². The fourth-order valence-electron chi connectivity index (χ4n) is 5.00. The van der Waals surface area contributed by atoms with Crippen LogP contribution in [-0.4, -0.2) is 13.1 Å². The van der Waals surface area contributed by atoms with Gasteiger partial charge in [0, 0.05) is 6.04 Å². The van der Waals surface area contributed by atoms with Crippen LogP contribution in [0, 0.1) is 29.1 Å². The molecular weight excluding hydrogens is 230 g/mol. The molecule has 1 nitrogen and oxygen atoms in total. The molecule has 0 amide bonds. The minimum absolute atomic E-state index is 0.516. The molecule has 0 saturated heterocycles. The predicted octanol–water partition coefficient (Wildman–Crippen LogP) is 4.86. The first-order valence-corrected chi connectivity index (χ1v) is 8.62. The molecule has 0 heterocycles. The Hall–Kier alpha value is -0.0400. The molecule has 5 atom stereocenters. The highest BCUT2D eigenvalue weighted by molar-refractivity contribution is 4.95. The highest BCUT2D eigenvalue weighted by Crippen LogP contribution is 2.49. The maximum Gasteiger partial charge on any atom is 0.0100 e. The Morgan fingerprint density at radius 3 is 2.21 bits per heavy atom. The molecule has 1 heteroatoms. The molecule has 0 spiro atoms. The normalized spacial score (nSPS) is 41.2. The Morgan fingerprint density at radius 1 is 0.895 bits per heavy atom. The number of nitrogens with one attached hydrogen (secondary N) is 1. The molecule has 19 heavy (non-hydrogen) atoms. The fourth-order valence-corrected chi connectivity index (χ4v) is 5.00. The van der Waals surface area contributed by atoms with Crippen LogP contribution in [0.2, 0.25) is 0 Å². The zero-order valence-corrected chi connectivity index (χ0v) is 13.8. The Bertz CT molecular complexity index is 283. The molecule has 0 radical (unpaired) electrons. The Kier molecular flexibility index (Phi) is 4.98. The van der Waals surface area contributed by atoms with E-state index in [0.29, 0.717) is 5.41 Å². The third-order valence-corrected chi connectivity index (χ3v) is 6.43. The Labute approximate surface area is 120 Å². The molecule has 2 fully saturated rings. The average molecular weight is 265 g/mol. The van der Waals surface area contributed by atoms with E-state index < -0.39 is 0 Å². The van der Waals surface area contributed by atoms with Gasteiger partial charge < -0.3 is 5.32 Å². The van der Waals surface area contributed by atoms with Crippen LogP contribution in [0.3, 0.4) is 0 Å². The topological polar surface area (TPSA) is 12.0 Å². The lowest BCUT2D eigenvalue weighted by Crippen LogP contribution is -2.48. The second kappa shape index (κ2) is 6.16. The van der Waals surface area contributed by atoms with Crippen molar-refractivity contribution in [2.45, 2.75) is 78.7 Å². The summed E-state index contributed by atoms with van der Waals surface area (Å²) in [5, 5.41) is 3.64. The van der Waals surface area contributed by atoms with Crippen LogP contribution in [0.4, 0.5) is 0 Å². The number of hydrogen-bond donors (Lipinski definition) is 1. The second-order valence-electron chi connectivity index (χ2n) is 8.21. The smallest absolute Gasteiger partial charge is 0.0100 e. The Morgan fingerprint density at radius 2 is 1.58 bits per heavy atom. The van der Waals surface area contributed by atoms with E-state index in [1.807, 2.05) is 0 Å². The third-order valence-electron chi connectivity index (χ3n) is 6.43. The van der Waals surface area contributed by atoms with Crippen LogP contribution in [0.25, 0.3) is 0 Å². The molecule has 0 aromatic rings. The SMILES string of the molecule is CNC1CC(C)CCC1C(C)(C)C1CCCC(C)C1. The summed E-state index contributed by atoms with van der Waals surface area (Å²) in [6.45, 7) is 10.0. The van der Waals surface area contributed by atoms with Gasteiger partial charge in [-0.25, -0.2) is 0 Å². The van der Waals surface area contributed by atoms with Crippen molar-refractivity contribution in [3.63, 3.8) is 0 Å².